The van der Waals surface area contributed by atoms with Gasteiger partial charge in [0, 0.05) is 0 Å². The van der Waals surface area contributed by atoms with E-state index < -0.39 is 0 Å². The molecule has 27 heavy (non-hydrogen) atoms. The van der Waals surface area contributed by atoms with Gasteiger partial charge in [-0.1, -0.05) is 0 Å². The maximum atomic E-state index is 12.7. The quantitative estimate of drug-likeness (QED) is 0.0777. The number of nitrogens with one attached hydrogen (secondary N) is 1. The molecule has 5 nitrogen and oxygen atoms in total. The summed E-state index contributed by atoms with van der Waals surface area (Å²) < 4.78 is 8.55. The minimum absolute atomic E-state index is 0.0215. The Morgan fingerprint density at radius 2 is 1.22 bits per heavy atom. The Morgan fingerprint density at radius 3 is 1.59 bits per heavy atom. The predicted molar refractivity (Wildman–Crippen MR) is 92.8 cm³/mol. The summed E-state index contributed by atoms with van der Waals surface area (Å²) in [6, 6.07) is 0. The normalized spacial score (nSPS) is 23.0. The van der Waals surface area contributed by atoms with E-state index in [0.717, 1.165) is 11.8 Å². The molecule has 8 heteroatoms. The van der Waals surface area contributed by atoms with Crippen LogP contribution in [0.3, 0.4) is 0 Å². The van der Waals surface area contributed by atoms with Crippen molar-refractivity contribution in [1.29, 1.82) is 0 Å². The number of amides is 1. The van der Waals surface area contributed by atoms with Crippen molar-refractivity contribution >= 4 is 6.09 Å². The number of ether oxygens (including phenoxy) is 1. The van der Waals surface area contributed by atoms with Gasteiger partial charge in [-0.2, -0.15) is 0 Å². The van der Waals surface area contributed by atoms with E-state index in [1.807, 2.05) is 0 Å². The fourth-order valence-corrected chi connectivity index (χ4v) is 29.5. The molecule has 0 bridgehead atoms. The van der Waals surface area contributed by atoms with Crippen molar-refractivity contribution < 1.29 is 83.9 Å². The minimum atomic E-state index is -0.167. The SMILES string of the molecule is [NH3+]OCCOC(=O)NC([I-]C1CCCC1)([I-]C1CCCC1)[I-]C1CCCC1. The molecule has 0 aliphatic heterocycles. The van der Waals surface area contributed by atoms with Crippen LogP contribution < -0.4 is 74.8 Å². The molecular weight excluding hydrogens is 685 g/mol. The Balaban J connectivity index is 1.71. The number of alkyl halides is 6. The molecule has 0 saturated heterocycles. The van der Waals surface area contributed by atoms with E-state index in [1.165, 1.54) is 77.0 Å². The summed E-state index contributed by atoms with van der Waals surface area (Å²) in [4.78, 5) is 17.5. The molecule has 0 heterocycles. The first-order valence-electron chi connectivity index (χ1n) is 10.4. The summed E-state index contributed by atoms with van der Waals surface area (Å²) in [6.07, 6.45) is 16.8. The molecule has 162 valence electrons. The van der Waals surface area contributed by atoms with Crippen LogP contribution in [-0.4, -0.2) is 30.6 Å². The molecule has 4 N–H and O–H groups in total. The summed E-state index contributed by atoms with van der Waals surface area (Å²) in [5.74, 6) is 3.37. The third-order valence-electron chi connectivity index (χ3n) is 5.43. The molecule has 3 aliphatic carbocycles. The van der Waals surface area contributed by atoms with Crippen LogP contribution in [-0.2, 0) is 9.57 Å². The molecule has 1 amide bonds. The Bertz CT molecular complexity index is 406. The average Bonchev–Trinajstić information content (AvgIpc) is 3.39. The van der Waals surface area contributed by atoms with Gasteiger partial charge in [0.1, 0.15) is 0 Å². The van der Waals surface area contributed by atoms with Crippen molar-refractivity contribution in [2.45, 2.75) is 88.4 Å². The van der Waals surface area contributed by atoms with Gasteiger partial charge >= 0.3 is 197 Å². The van der Waals surface area contributed by atoms with Crippen molar-refractivity contribution in [2.75, 3.05) is 13.2 Å². The fraction of sp³-hybridized carbons (Fsp3) is 0.947. The van der Waals surface area contributed by atoms with Crippen molar-refractivity contribution in [1.82, 2.24) is 5.32 Å². The van der Waals surface area contributed by atoms with Gasteiger partial charge in [0.15, 0.2) is 0 Å². The number of carbonyl (C=O) groups excluding carboxylic acids is 1. The van der Waals surface area contributed by atoms with Crippen molar-refractivity contribution in [2.24, 2.45) is 0 Å². The molecule has 3 aliphatic rings. The first-order chi connectivity index (χ1) is 13.2. The van der Waals surface area contributed by atoms with Gasteiger partial charge in [0.25, 0.3) is 0 Å². The topological polar surface area (TPSA) is 75.2 Å². The number of hydrogen-bond donors (Lipinski definition) is 2. The van der Waals surface area contributed by atoms with E-state index in [2.05, 4.69) is 11.2 Å². The number of hydrogen-bond acceptors (Lipinski definition) is 3. The second kappa shape index (κ2) is 12.3. The molecule has 0 unspecified atom stereocenters. The zero-order valence-corrected chi connectivity index (χ0v) is 22.7. The van der Waals surface area contributed by atoms with Gasteiger partial charge in [0.2, 0.25) is 0 Å². The van der Waals surface area contributed by atoms with E-state index in [9.17, 15) is 4.79 Å². The van der Waals surface area contributed by atoms with E-state index in [1.54, 1.807) is 0 Å². The molecule has 0 radical (unpaired) electrons. The third kappa shape index (κ3) is 7.86. The number of halogens is 3. The van der Waals surface area contributed by atoms with E-state index >= 15 is 0 Å². The van der Waals surface area contributed by atoms with Gasteiger partial charge in [-0.05, 0) is 0 Å². The zero-order valence-electron chi connectivity index (χ0n) is 16.2. The Kier molecular flexibility index (Phi) is 10.5. The predicted octanol–water partition coefficient (Wildman–Crippen LogP) is -6.41. The van der Waals surface area contributed by atoms with Crippen LogP contribution in [0.1, 0.15) is 77.0 Å². The Hall–Kier alpha value is 1.38. The fourth-order valence-electron chi connectivity index (χ4n) is 4.04. The van der Waals surface area contributed by atoms with Crippen molar-refractivity contribution in [3.05, 3.63) is 0 Å². The van der Waals surface area contributed by atoms with Crippen LogP contribution >= 0.6 is 0 Å². The average molecular weight is 720 g/mol. The van der Waals surface area contributed by atoms with E-state index in [4.69, 9.17) is 9.57 Å². The molecule has 3 rings (SSSR count). The number of quaternary nitrogens is 1. The van der Waals surface area contributed by atoms with Gasteiger partial charge in [-0.3, -0.25) is 0 Å². The van der Waals surface area contributed by atoms with Gasteiger partial charge < -0.3 is 0 Å². The molecular formula is C19H35I3N2O3-2. The molecule has 0 atom stereocenters. The van der Waals surface area contributed by atoms with Crippen LogP contribution in [0.25, 0.3) is 0 Å². The second-order valence-corrected chi connectivity index (χ2v) is 25.8. The second-order valence-electron chi connectivity index (χ2n) is 7.64. The molecule has 3 saturated carbocycles. The van der Waals surface area contributed by atoms with E-state index in [-0.39, 0.29) is 69.3 Å². The number of alkyl carbamates (subject to hydrolysis) is 1. The summed E-state index contributed by atoms with van der Waals surface area (Å²) in [5, 5.41) is 3.58. The first-order valence-corrected chi connectivity index (χ1v) is 17.4. The molecule has 0 spiro atoms. The first kappa shape index (κ1) is 23.1. The molecule has 0 aromatic rings. The van der Waals surface area contributed by atoms with Crippen LogP contribution in [0.4, 0.5) is 4.79 Å². The van der Waals surface area contributed by atoms with E-state index in [0.29, 0.717) is 13.2 Å². The van der Waals surface area contributed by atoms with Crippen LogP contribution in [0, 0.1) is 0 Å². The summed E-state index contributed by atoms with van der Waals surface area (Å²) >= 11 is 0.0646. The maximum absolute atomic E-state index is 12.7. The summed E-state index contributed by atoms with van der Waals surface area (Å²) in [5.41, 5.74) is 0. The van der Waals surface area contributed by atoms with Crippen LogP contribution in [0.2, 0.25) is 0 Å². The molecule has 0 aromatic carbocycles. The van der Waals surface area contributed by atoms with Crippen LogP contribution in [0.15, 0.2) is 0 Å². The van der Waals surface area contributed by atoms with Crippen LogP contribution in [0.5, 0.6) is 0 Å². The number of rotatable bonds is 10. The summed E-state index contributed by atoms with van der Waals surface area (Å²) in [7, 11) is 0. The monoisotopic (exact) mass is 720 g/mol. The standard InChI is InChI=1S/C19H35I3N2O3/c23-27-14-13-26-18(25)24-19(20-15-7-1-2-8-15,21-16-9-3-4-10-16)22-17-11-5-6-12-17/h15-17H,1-14H2,23H3,(H,24,25)/q-2. The Labute approximate surface area is 195 Å². The molecule has 3 fully saturated rings. The van der Waals surface area contributed by atoms with Crippen molar-refractivity contribution in [3.63, 3.8) is 0 Å². The Morgan fingerprint density at radius 1 is 0.815 bits per heavy atom. The zero-order chi connectivity index (χ0) is 19.0. The third-order valence-corrected chi connectivity index (χ3v) is 24.4. The summed E-state index contributed by atoms with van der Waals surface area (Å²) in [6.45, 7) is 0.699. The van der Waals surface area contributed by atoms with Gasteiger partial charge in [-0.15, -0.1) is 0 Å². The van der Waals surface area contributed by atoms with Gasteiger partial charge in [0.05, 0.1) is 0 Å². The van der Waals surface area contributed by atoms with Crippen molar-refractivity contribution in [3.8, 4) is 0 Å². The number of carbonyl (C=O) groups is 1. The molecule has 0 aromatic heterocycles. The van der Waals surface area contributed by atoms with Gasteiger partial charge in [-0.25, -0.2) is 0 Å².